The van der Waals surface area contributed by atoms with E-state index in [2.05, 4.69) is 10.3 Å². The number of hydrogen-bond donors (Lipinski definition) is 2. The highest BCUT2D eigenvalue weighted by Crippen LogP contribution is 2.24. The Labute approximate surface area is 133 Å². The Hall–Kier alpha value is -1.72. The van der Waals surface area contributed by atoms with Crippen LogP contribution in [0.15, 0.2) is 41.6 Å². The summed E-state index contributed by atoms with van der Waals surface area (Å²) in [6.45, 7) is 3.74. The molecule has 21 heavy (non-hydrogen) atoms. The first-order valence-corrected chi connectivity index (χ1v) is 7.66. The number of carbonyl (C=O) groups excluding carboxylic acids is 1. The molecular weight excluding hydrogens is 306 g/mol. The predicted molar refractivity (Wildman–Crippen MR) is 88.8 cm³/mol. The van der Waals surface area contributed by atoms with Crippen molar-refractivity contribution in [3.63, 3.8) is 0 Å². The number of aromatic nitrogens is 1. The molecule has 1 unspecified atom stereocenters. The van der Waals surface area contributed by atoms with Crippen LogP contribution >= 0.6 is 23.4 Å². The number of aryl methyl sites for hydroxylation is 1. The second kappa shape index (κ2) is 6.83. The summed E-state index contributed by atoms with van der Waals surface area (Å²) in [5, 5.41) is 3.97. The van der Waals surface area contributed by atoms with Crippen molar-refractivity contribution in [3.8, 4) is 0 Å². The first-order valence-electron chi connectivity index (χ1n) is 6.41. The first-order chi connectivity index (χ1) is 9.95. The van der Waals surface area contributed by atoms with E-state index >= 15 is 0 Å². The summed E-state index contributed by atoms with van der Waals surface area (Å²) in [6, 6.07) is 8.95. The van der Waals surface area contributed by atoms with Crippen LogP contribution < -0.4 is 11.1 Å². The molecule has 1 aromatic heterocycles. The summed E-state index contributed by atoms with van der Waals surface area (Å²) >= 11 is 7.17. The number of hydrogen-bond acceptors (Lipinski definition) is 4. The van der Waals surface area contributed by atoms with Crippen molar-refractivity contribution in [2.75, 3.05) is 11.1 Å². The predicted octanol–water partition coefficient (Wildman–Crippen LogP) is 3.74. The van der Waals surface area contributed by atoms with E-state index in [1.807, 2.05) is 19.9 Å². The lowest BCUT2D eigenvalue weighted by molar-refractivity contribution is -0.115. The summed E-state index contributed by atoms with van der Waals surface area (Å²) in [7, 11) is 0. The number of nitrogen functional groups attached to an aromatic ring is 1. The highest BCUT2D eigenvalue weighted by atomic mass is 35.5. The van der Waals surface area contributed by atoms with Crippen molar-refractivity contribution < 1.29 is 4.79 Å². The van der Waals surface area contributed by atoms with Gasteiger partial charge in [-0.25, -0.2) is 4.98 Å². The van der Waals surface area contributed by atoms with Crippen LogP contribution in [0.2, 0.25) is 5.02 Å². The molecule has 0 radical (unpaired) electrons. The number of nitrogens with zero attached hydrogens (tertiary/aromatic N) is 1. The lowest BCUT2D eigenvalue weighted by Gasteiger charge is -2.13. The van der Waals surface area contributed by atoms with Gasteiger partial charge in [0.2, 0.25) is 5.91 Å². The molecule has 0 saturated heterocycles. The molecule has 0 spiro atoms. The lowest BCUT2D eigenvalue weighted by atomic mass is 10.2. The Balaban J connectivity index is 2.00. The van der Waals surface area contributed by atoms with E-state index in [0.717, 1.165) is 16.3 Å². The standard InChI is InChI=1S/C15H16ClN3OS/c1-9-7-12(17)4-5-13(9)19-15(20)10(2)21-14-6-3-11(16)8-18-14/h3-8,10H,17H2,1-2H3,(H,19,20). The topological polar surface area (TPSA) is 68.0 Å². The first kappa shape index (κ1) is 15.7. The Morgan fingerprint density at radius 2 is 2.14 bits per heavy atom. The minimum atomic E-state index is -0.268. The van der Waals surface area contributed by atoms with Gasteiger partial charge in [-0.05, 0) is 49.7 Å². The van der Waals surface area contributed by atoms with E-state index in [1.165, 1.54) is 11.8 Å². The molecule has 0 aliphatic rings. The van der Waals surface area contributed by atoms with Crippen LogP contribution in [0.25, 0.3) is 0 Å². The second-order valence-corrected chi connectivity index (χ2v) is 6.44. The number of pyridine rings is 1. The van der Waals surface area contributed by atoms with Crippen molar-refractivity contribution in [2.24, 2.45) is 0 Å². The molecule has 4 nitrogen and oxygen atoms in total. The van der Waals surface area contributed by atoms with Gasteiger partial charge in [-0.2, -0.15) is 0 Å². The second-order valence-electron chi connectivity index (χ2n) is 4.64. The highest BCUT2D eigenvalue weighted by Gasteiger charge is 2.16. The van der Waals surface area contributed by atoms with Crippen molar-refractivity contribution >= 4 is 40.6 Å². The summed E-state index contributed by atoms with van der Waals surface area (Å²) in [5.41, 5.74) is 8.08. The molecule has 0 saturated carbocycles. The number of amides is 1. The van der Waals surface area contributed by atoms with Crippen LogP contribution in [0.5, 0.6) is 0 Å². The normalized spacial score (nSPS) is 12.0. The summed E-state index contributed by atoms with van der Waals surface area (Å²) in [4.78, 5) is 16.4. The van der Waals surface area contributed by atoms with Crippen molar-refractivity contribution in [1.29, 1.82) is 0 Å². The van der Waals surface area contributed by atoms with Gasteiger partial charge in [-0.15, -0.1) is 0 Å². The molecule has 0 aliphatic carbocycles. The molecule has 1 amide bonds. The van der Waals surface area contributed by atoms with Gasteiger partial charge in [0.15, 0.2) is 0 Å². The SMILES string of the molecule is Cc1cc(N)ccc1NC(=O)C(C)Sc1ccc(Cl)cn1. The number of nitrogens with two attached hydrogens (primary N) is 1. The molecule has 2 aromatic rings. The molecule has 0 fully saturated rings. The molecule has 2 rings (SSSR count). The fourth-order valence-corrected chi connectivity index (χ4v) is 2.63. The molecule has 110 valence electrons. The Bertz CT molecular complexity index is 646. The van der Waals surface area contributed by atoms with E-state index in [-0.39, 0.29) is 11.2 Å². The lowest BCUT2D eigenvalue weighted by Crippen LogP contribution is -2.23. The van der Waals surface area contributed by atoms with E-state index in [4.69, 9.17) is 17.3 Å². The maximum absolute atomic E-state index is 12.2. The highest BCUT2D eigenvalue weighted by molar-refractivity contribution is 8.00. The molecule has 1 aromatic carbocycles. The summed E-state index contributed by atoms with van der Waals surface area (Å²) in [6.07, 6.45) is 1.57. The summed E-state index contributed by atoms with van der Waals surface area (Å²) < 4.78 is 0. The molecule has 0 aliphatic heterocycles. The van der Waals surface area contributed by atoms with Crippen LogP contribution in [0.4, 0.5) is 11.4 Å². The number of carbonyl (C=O) groups is 1. The average Bonchev–Trinajstić information content (AvgIpc) is 2.44. The number of rotatable bonds is 4. The van der Waals surface area contributed by atoms with Gasteiger partial charge in [0.1, 0.15) is 0 Å². The fourth-order valence-electron chi connectivity index (χ4n) is 1.73. The van der Waals surface area contributed by atoms with Gasteiger partial charge in [0.25, 0.3) is 0 Å². The third kappa shape index (κ3) is 4.37. The number of anilines is 2. The number of thioether (sulfide) groups is 1. The largest absolute Gasteiger partial charge is 0.399 e. The number of benzene rings is 1. The minimum Gasteiger partial charge on any atom is -0.399 e. The summed E-state index contributed by atoms with van der Waals surface area (Å²) in [5.74, 6) is -0.0791. The van der Waals surface area contributed by atoms with Crippen LogP contribution in [-0.2, 0) is 4.79 Å². The Morgan fingerprint density at radius 1 is 1.38 bits per heavy atom. The third-order valence-electron chi connectivity index (χ3n) is 2.88. The van der Waals surface area contributed by atoms with Crippen LogP contribution in [0.3, 0.4) is 0 Å². The van der Waals surface area contributed by atoms with Crippen molar-refractivity contribution in [2.45, 2.75) is 24.1 Å². The smallest absolute Gasteiger partial charge is 0.237 e. The quantitative estimate of drug-likeness (QED) is 0.665. The third-order valence-corrected chi connectivity index (χ3v) is 4.15. The Kier molecular flexibility index (Phi) is 5.09. The van der Waals surface area contributed by atoms with E-state index < -0.39 is 0 Å². The zero-order valence-corrected chi connectivity index (χ0v) is 13.3. The molecule has 3 N–H and O–H groups in total. The van der Waals surface area contributed by atoms with Crippen LogP contribution in [0.1, 0.15) is 12.5 Å². The van der Waals surface area contributed by atoms with Crippen molar-refractivity contribution in [1.82, 2.24) is 4.98 Å². The molecule has 6 heteroatoms. The monoisotopic (exact) mass is 321 g/mol. The zero-order valence-electron chi connectivity index (χ0n) is 11.8. The molecule has 1 heterocycles. The van der Waals surface area contributed by atoms with Gasteiger partial charge >= 0.3 is 0 Å². The van der Waals surface area contributed by atoms with Crippen LogP contribution in [-0.4, -0.2) is 16.1 Å². The maximum atomic E-state index is 12.2. The minimum absolute atomic E-state index is 0.0791. The van der Waals surface area contributed by atoms with E-state index in [0.29, 0.717) is 10.7 Å². The van der Waals surface area contributed by atoms with Crippen LogP contribution in [0, 0.1) is 6.92 Å². The maximum Gasteiger partial charge on any atom is 0.237 e. The van der Waals surface area contributed by atoms with Gasteiger partial charge < -0.3 is 11.1 Å². The molecule has 1 atom stereocenters. The van der Waals surface area contributed by atoms with E-state index in [1.54, 1.807) is 30.5 Å². The average molecular weight is 322 g/mol. The van der Waals surface area contributed by atoms with Gasteiger partial charge in [0.05, 0.1) is 15.3 Å². The Morgan fingerprint density at radius 3 is 2.76 bits per heavy atom. The van der Waals surface area contributed by atoms with Gasteiger partial charge in [-0.1, -0.05) is 23.4 Å². The number of nitrogens with one attached hydrogen (secondary N) is 1. The molecular formula is C15H16ClN3OS. The fraction of sp³-hybridized carbons (Fsp3) is 0.200. The van der Waals surface area contributed by atoms with Gasteiger partial charge in [0, 0.05) is 17.6 Å². The number of halogens is 1. The van der Waals surface area contributed by atoms with Crippen molar-refractivity contribution in [3.05, 3.63) is 47.1 Å². The van der Waals surface area contributed by atoms with Gasteiger partial charge in [-0.3, -0.25) is 4.79 Å². The molecule has 0 bridgehead atoms. The van der Waals surface area contributed by atoms with E-state index in [9.17, 15) is 4.79 Å². The zero-order chi connectivity index (χ0) is 15.4.